The van der Waals surface area contributed by atoms with Gasteiger partial charge in [0.05, 0.1) is 11.3 Å². The highest BCUT2D eigenvalue weighted by Crippen LogP contribution is 2.32. The zero-order valence-electron chi connectivity index (χ0n) is 13.9. The van der Waals surface area contributed by atoms with E-state index in [2.05, 4.69) is 16.8 Å². The molecule has 1 aromatic heterocycles. The minimum atomic E-state index is -0.822. The first kappa shape index (κ1) is 17.9. The van der Waals surface area contributed by atoms with Crippen LogP contribution in [-0.2, 0) is 4.79 Å². The van der Waals surface area contributed by atoms with E-state index in [0.29, 0.717) is 18.3 Å². The van der Waals surface area contributed by atoms with Crippen molar-refractivity contribution in [3.63, 3.8) is 0 Å². The van der Waals surface area contributed by atoms with Crippen molar-refractivity contribution in [1.29, 1.82) is 0 Å². The third-order valence-electron chi connectivity index (χ3n) is 4.43. The lowest BCUT2D eigenvalue weighted by Crippen LogP contribution is -2.26. The quantitative estimate of drug-likeness (QED) is 0.749. The van der Waals surface area contributed by atoms with Crippen LogP contribution >= 0.6 is 11.8 Å². The van der Waals surface area contributed by atoms with Crippen molar-refractivity contribution in [1.82, 2.24) is 9.88 Å². The Kier molecular flexibility index (Phi) is 6.57. The van der Waals surface area contributed by atoms with Crippen LogP contribution in [0, 0.1) is 13.8 Å². The van der Waals surface area contributed by atoms with E-state index < -0.39 is 5.97 Å². The highest BCUT2D eigenvalue weighted by atomic mass is 32.2. The maximum absolute atomic E-state index is 12.4. The van der Waals surface area contributed by atoms with Gasteiger partial charge in [-0.1, -0.05) is 19.3 Å². The molecule has 1 saturated carbocycles. The smallest absolute Gasteiger partial charge is 0.313 e. The molecule has 1 aromatic rings. The minimum Gasteiger partial charge on any atom is -0.481 e. The number of rotatable bonds is 7. The van der Waals surface area contributed by atoms with Crippen LogP contribution < -0.4 is 5.32 Å². The van der Waals surface area contributed by atoms with Gasteiger partial charge in [-0.05, 0) is 32.8 Å². The standard InChI is InChI=1S/C17H26N2O3S/c1-12-10-15(17(22)18-8-9-23-11-16(20)21)13(2)19(12)14-6-4-3-5-7-14/h10,14H,3-9,11H2,1-2H3,(H,18,22)(H,20,21). The molecule has 1 aliphatic carbocycles. The normalized spacial score (nSPS) is 15.6. The Bertz CT molecular complexity index is 562. The maximum atomic E-state index is 12.4. The van der Waals surface area contributed by atoms with Crippen molar-refractivity contribution in [2.75, 3.05) is 18.1 Å². The summed E-state index contributed by atoms with van der Waals surface area (Å²) in [5, 5.41) is 11.5. The van der Waals surface area contributed by atoms with Crippen LogP contribution in [0.5, 0.6) is 0 Å². The predicted octanol–water partition coefficient (Wildman–Crippen LogP) is 3.16. The third kappa shape index (κ3) is 4.77. The second-order valence-corrected chi connectivity index (χ2v) is 7.25. The monoisotopic (exact) mass is 338 g/mol. The molecule has 2 N–H and O–H groups in total. The van der Waals surface area contributed by atoms with Gasteiger partial charge in [0.15, 0.2) is 0 Å². The van der Waals surface area contributed by atoms with Crippen LogP contribution in [0.25, 0.3) is 0 Å². The molecule has 1 fully saturated rings. The summed E-state index contributed by atoms with van der Waals surface area (Å²) in [6.45, 7) is 4.58. The van der Waals surface area contributed by atoms with E-state index >= 15 is 0 Å². The van der Waals surface area contributed by atoms with Gasteiger partial charge in [0, 0.05) is 29.7 Å². The molecule has 0 aliphatic heterocycles. The molecule has 0 saturated heterocycles. The Morgan fingerprint density at radius 3 is 2.65 bits per heavy atom. The van der Waals surface area contributed by atoms with E-state index in [9.17, 15) is 9.59 Å². The number of amides is 1. The Labute approximate surface area is 141 Å². The number of aromatic nitrogens is 1. The van der Waals surface area contributed by atoms with Crippen molar-refractivity contribution in [3.05, 3.63) is 23.0 Å². The van der Waals surface area contributed by atoms with Crippen LogP contribution in [0.4, 0.5) is 0 Å². The number of aliphatic carboxylic acids is 1. The third-order valence-corrected chi connectivity index (χ3v) is 5.37. The van der Waals surface area contributed by atoms with Crippen LogP contribution in [0.15, 0.2) is 6.07 Å². The fraction of sp³-hybridized carbons (Fsp3) is 0.647. The number of carbonyl (C=O) groups excluding carboxylic acids is 1. The average molecular weight is 338 g/mol. The van der Waals surface area contributed by atoms with Crippen LogP contribution in [0.2, 0.25) is 0 Å². The van der Waals surface area contributed by atoms with Gasteiger partial charge in [0.2, 0.25) is 0 Å². The summed E-state index contributed by atoms with van der Waals surface area (Å²) >= 11 is 1.31. The molecular formula is C17H26N2O3S. The molecule has 1 aliphatic rings. The summed E-state index contributed by atoms with van der Waals surface area (Å²) in [7, 11) is 0. The SMILES string of the molecule is Cc1cc(C(=O)NCCSCC(=O)O)c(C)n1C1CCCCC1. The van der Waals surface area contributed by atoms with Crippen molar-refractivity contribution in [2.24, 2.45) is 0 Å². The lowest BCUT2D eigenvalue weighted by atomic mass is 9.95. The molecule has 0 unspecified atom stereocenters. The van der Waals surface area contributed by atoms with Crippen molar-refractivity contribution in [2.45, 2.75) is 52.0 Å². The number of hydrogen-bond acceptors (Lipinski definition) is 3. The van der Waals surface area contributed by atoms with Gasteiger partial charge >= 0.3 is 5.97 Å². The molecule has 0 aromatic carbocycles. The van der Waals surface area contributed by atoms with Crippen molar-refractivity contribution >= 4 is 23.6 Å². The van der Waals surface area contributed by atoms with E-state index in [1.807, 2.05) is 13.0 Å². The second-order valence-electron chi connectivity index (χ2n) is 6.15. The van der Waals surface area contributed by atoms with Gasteiger partial charge in [-0.2, -0.15) is 0 Å². The number of carbonyl (C=O) groups is 2. The molecule has 0 bridgehead atoms. The molecule has 2 rings (SSSR count). The molecular weight excluding hydrogens is 312 g/mol. The van der Waals surface area contributed by atoms with Crippen LogP contribution in [0.1, 0.15) is 59.9 Å². The first-order chi connectivity index (χ1) is 11.0. The van der Waals surface area contributed by atoms with E-state index in [-0.39, 0.29) is 11.7 Å². The number of nitrogens with zero attached hydrogens (tertiary/aromatic N) is 1. The van der Waals surface area contributed by atoms with Crippen LogP contribution in [-0.4, -0.2) is 39.6 Å². The zero-order valence-corrected chi connectivity index (χ0v) is 14.7. The Hall–Kier alpha value is -1.43. The molecule has 0 spiro atoms. The van der Waals surface area contributed by atoms with E-state index in [0.717, 1.165) is 17.0 Å². The highest BCUT2D eigenvalue weighted by molar-refractivity contribution is 7.99. The van der Waals surface area contributed by atoms with Gasteiger partial charge < -0.3 is 15.0 Å². The molecule has 0 radical (unpaired) electrons. The topological polar surface area (TPSA) is 71.3 Å². The number of nitrogens with one attached hydrogen (secondary N) is 1. The van der Waals surface area contributed by atoms with Gasteiger partial charge in [-0.25, -0.2) is 0 Å². The Morgan fingerprint density at radius 1 is 1.30 bits per heavy atom. The predicted molar refractivity (Wildman–Crippen MR) is 93.3 cm³/mol. The van der Waals surface area contributed by atoms with Gasteiger partial charge in [0.1, 0.15) is 0 Å². The number of aryl methyl sites for hydroxylation is 1. The molecule has 1 amide bonds. The molecule has 0 atom stereocenters. The number of carboxylic acid groups (broad SMARTS) is 1. The van der Waals surface area contributed by atoms with E-state index in [1.54, 1.807) is 0 Å². The number of carboxylic acids is 1. The summed E-state index contributed by atoms with van der Waals surface area (Å²) in [6.07, 6.45) is 6.25. The summed E-state index contributed by atoms with van der Waals surface area (Å²) in [4.78, 5) is 22.8. The molecule has 1 heterocycles. The first-order valence-electron chi connectivity index (χ1n) is 8.27. The van der Waals surface area contributed by atoms with Gasteiger partial charge in [-0.15, -0.1) is 11.8 Å². The van der Waals surface area contributed by atoms with Crippen LogP contribution in [0.3, 0.4) is 0 Å². The van der Waals surface area contributed by atoms with Crippen molar-refractivity contribution in [3.8, 4) is 0 Å². The summed E-state index contributed by atoms with van der Waals surface area (Å²) in [5.74, 6) is -0.195. The second kappa shape index (κ2) is 8.43. The highest BCUT2D eigenvalue weighted by Gasteiger charge is 2.22. The summed E-state index contributed by atoms with van der Waals surface area (Å²) < 4.78 is 2.33. The first-order valence-corrected chi connectivity index (χ1v) is 9.42. The largest absolute Gasteiger partial charge is 0.481 e. The summed E-state index contributed by atoms with van der Waals surface area (Å²) in [6, 6.07) is 2.50. The lowest BCUT2D eigenvalue weighted by molar-refractivity contribution is -0.133. The van der Waals surface area contributed by atoms with E-state index in [1.165, 1.54) is 43.9 Å². The zero-order chi connectivity index (χ0) is 16.8. The Morgan fingerprint density at radius 2 is 2.00 bits per heavy atom. The average Bonchev–Trinajstić information content (AvgIpc) is 2.82. The maximum Gasteiger partial charge on any atom is 0.313 e. The molecule has 6 heteroatoms. The van der Waals surface area contributed by atoms with Gasteiger partial charge in [0.25, 0.3) is 5.91 Å². The number of hydrogen-bond donors (Lipinski definition) is 2. The lowest BCUT2D eigenvalue weighted by Gasteiger charge is -2.26. The molecule has 5 nitrogen and oxygen atoms in total. The minimum absolute atomic E-state index is 0.0592. The fourth-order valence-corrected chi connectivity index (χ4v) is 3.96. The Balaban J connectivity index is 1.94. The fourth-order valence-electron chi connectivity index (χ4n) is 3.40. The van der Waals surface area contributed by atoms with Crippen molar-refractivity contribution < 1.29 is 14.7 Å². The van der Waals surface area contributed by atoms with Gasteiger partial charge in [-0.3, -0.25) is 9.59 Å². The number of thioether (sulfide) groups is 1. The molecule has 23 heavy (non-hydrogen) atoms. The molecule has 128 valence electrons. The summed E-state index contributed by atoms with van der Waals surface area (Å²) in [5.41, 5.74) is 2.95. The van der Waals surface area contributed by atoms with E-state index in [4.69, 9.17) is 5.11 Å².